The zero-order valence-corrected chi connectivity index (χ0v) is 26.3. The highest BCUT2D eigenvalue weighted by Crippen LogP contribution is 2.75. The topological polar surface area (TPSA) is 118 Å². The highest BCUT2D eigenvalue weighted by Gasteiger charge is 2.70. The van der Waals surface area contributed by atoms with Crippen LogP contribution in [-0.2, 0) is 23.9 Å². The number of esters is 2. The van der Waals surface area contributed by atoms with Gasteiger partial charge in [0, 0.05) is 16.2 Å². The van der Waals surface area contributed by atoms with Crippen LogP contribution in [0.4, 0.5) is 0 Å². The average molecular weight is 568 g/mol. The first kappa shape index (κ1) is 30.1. The second kappa shape index (κ2) is 9.59. The van der Waals surface area contributed by atoms with Crippen molar-refractivity contribution in [3.8, 4) is 0 Å². The molecule has 0 aromatic rings. The molecule has 0 spiro atoms. The van der Waals surface area contributed by atoms with Gasteiger partial charge in [-0.15, -0.1) is 0 Å². The maximum Gasteiger partial charge on any atom is 0.312 e. The highest BCUT2D eigenvalue weighted by molar-refractivity contribution is 5.95. The summed E-state index contributed by atoms with van der Waals surface area (Å²) in [6, 6.07) is 0. The van der Waals surface area contributed by atoms with E-state index in [1.807, 2.05) is 13.0 Å². The molecule has 226 valence electrons. The molecule has 0 bridgehead atoms. The van der Waals surface area contributed by atoms with Crippen molar-refractivity contribution in [2.45, 2.75) is 112 Å². The van der Waals surface area contributed by atoms with Crippen LogP contribution >= 0.6 is 0 Å². The van der Waals surface area contributed by atoms with Crippen LogP contribution in [0.1, 0.15) is 106 Å². The molecule has 5 rings (SSSR count). The Morgan fingerprint density at radius 2 is 1.68 bits per heavy atom. The van der Waals surface area contributed by atoms with E-state index in [0.29, 0.717) is 6.42 Å². The van der Waals surface area contributed by atoms with Crippen LogP contribution < -0.4 is 0 Å². The Labute approximate surface area is 245 Å². The van der Waals surface area contributed by atoms with Crippen molar-refractivity contribution in [3.63, 3.8) is 0 Å². The van der Waals surface area contributed by atoms with Crippen molar-refractivity contribution in [2.24, 2.45) is 55.4 Å². The highest BCUT2D eigenvalue weighted by atomic mass is 16.5. The second-order valence-electron chi connectivity index (χ2n) is 16.0. The summed E-state index contributed by atoms with van der Waals surface area (Å²) in [5.74, 6) is -0.0823. The van der Waals surface area contributed by atoms with E-state index in [9.17, 15) is 14.4 Å². The van der Waals surface area contributed by atoms with E-state index in [-0.39, 0.29) is 69.2 Å². The molecular formula is C33H49N3O5. The maximum absolute atomic E-state index is 14.5. The standard InChI is InChI=1S/C33H49N3O5/c1-28(2)23-9-12-33(7)26(31(23,5)11-10-24(28)41-25(38)19-35-36-34)22(37)17-20-21-18-30(4,27(39)40-8)14-13-29(21,3)15-16-32(20,33)6/h17,21,23-24,26H,9-16,18-19H2,1-8H3/t21?,23?,24?,26?,29-,30+,31+,32-,33-/m1/s1. The smallest absolute Gasteiger partial charge is 0.312 e. The Bertz CT molecular complexity index is 1240. The van der Waals surface area contributed by atoms with Gasteiger partial charge >= 0.3 is 11.9 Å². The normalized spacial score (nSPS) is 46.3. The lowest BCUT2D eigenvalue weighted by atomic mass is 9.33. The number of methoxy groups -OCH3 is 1. The Morgan fingerprint density at radius 3 is 2.34 bits per heavy atom. The molecule has 0 amide bonds. The second-order valence-corrected chi connectivity index (χ2v) is 16.0. The Hall–Kier alpha value is -2.34. The van der Waals surface area contributed by atoms with Gasteiger partial charge < -0.3 is 9.47 Å². The molecule has 8 nitrogen and oxygen atoms in total. The summed E-state index contributed by atoms with van der Waals surface area (Å²) in [6.07, 6.45) is 9.87. The number of carbonyl (C=O) groups is 3. The molecule has 4 fully saturated rings. The van der Waals surface area contributed by atoms with Gasteiger partial charge in [0.2, 0.25) is 0 Å². The quantitative estimate of drug-likeness (QED) is 0.152. The molecular weight excluding hydrogens is 518 g/mol. The van der Waals surface area contributed by atoms with Crippen molar-refractivity contribution in [2.75, 3.05) is 13.7 Å². The number of hydrogen-bond acceptors (Lipinski definition) is 6. The molecule has 0 aromatic heterocycles. The van der Waals surface area contributed by atoms with Gasteiger partial charge in [-0.1, -0.05) is 52.2 Å². The van der Waals surface area contributed by atoms with Crippen LogP contribution in [0.25, 0.3) is 10.4 Å². The van der Waals surface area contributed by atoms with Gasteiger partial charge in [-0.05, 0) is 110 Å². The fraction of sp³-hybridized carbons (Fsp3) is 0.848. The predicted octanol–water partition coefficient (Wildman–Crippen LogP) is 7.36. The minimum Gasteiger partial charge on any atom is -0.469 e. The van der Waals surface area contributed by atoms with Gasteiger partial charge in [0.05, 0.1) is 12.5 Å². The molecule has 8 heteroatoms. The Morgan fingerprint density at radius 1 is 1.00 bits per heavy atom. The number of ether oxygens (including phenoxy) is 2. The van der Waals surface area contributed by atoms with E-state index >= 15 is 0 Å². The van der Waals surface area contributed by atoms with Crippen LogP contribution in [0, 0.1) is 50.2 Å². The summed E-state index contributed by atoms with van der Waals surface area (Å²) in [6.45, 7) is 15.6. The van der Waals surface area contributed by atoms with Gasteiger partial charge in [0.1, 0.15) is 12.6 Å². The number of azide groups is 1. The number of fused-ring (bicyclic) bond motifs is 7. The minimum atomic E-state index is -0.527. The lowest BCUT2D eigenvalue weighted by molar-refractivity contribution is -0.210. The maximum atomic E-state index is 14.5. The molecule has 4 saturated carbocycles. The minimum absolute atomic E-state index is 0.0863. The number of hydrogen-bond donors (Lipinski definition) is 0. The SMILES string of the molecule is COC(=O)[C@@]1(C)CC[C@]2(C)CC[C@]3(C)C(=CC(=O)C4[C@@]5(C)CCC(OC(=O)CN=[N+]=[N-])C(C)(C)C5CC[C@]43C)C2C1. The van der Waals surface area contributed by atoms with Crippen molar-refractivity contribution in [1.29, 1.82) is 0 Å². The van der Waals surface area contributed by atoms with Crippen molar-refractivity contribution < 1.29 is 23.9 Å². The summed E-state index contributed by atoms with van der Waals surface area (Å²) in [4.78, 5) is 42.5. The molecule has 0 heterocycles. The van der Waals surface area contributed by atoms with Gasteiger partial charge in [-0.3, -0.25) is 14.4 Å². The van der Waals surface area contributed by atoms with E-state index < -0.39 is 11.4 Å². The van der Waals surface area contributed by atoms with Crippen molar-refractivity contribution in [1.82, 2.24) is 0 Å². The van der Waals surface area contributed by atoms with Crippen LogP contribution in [-0.4, -0.2) is 37.5 Å². The van der Waals surface area contributed by atoms with E-state index in [4.69, 9.17) is 15.0 Å². The van der Waals surface area contributed by atoms with E-state index in [1.54, 1.807) is 0 Å². The predicted molar refractivity (Wildman–Crippen MR) is 155 cm³/mol. The summed E-state index contributed by atoms with van der Waals surface area (Å²) in [5.41, 5.74) is 8.59. The zero-order valence-electron chi connectivity index (χ0n) is 26.3. The van der Waals surface area contributed by atoms with Crippen LogP contribution in [0.5, 0.6) is 0 Å². The molecule has 5 aliphatic carbocycles. The Balaban J connectivity index is 1.51. The first-order valence-corrected chi connectivity index (χ1v) is 15.6. The molecule has 9 atom stereocenters. The fourth-order valence-corrected chi connectivity index (χ4v) is 11.1. The van der Waals surface area contributed by atoms with E-state index in [0.717, 1.165) is 51.4 Å². The summed E-state index contributed by atoms with van der Waals surface area (Å²) < 4.78 is 11.1. The fourth-order valence-electron chi connectivity index (χ4n) is 11.1. The number of carbonyl (C=O) groups excluding carboxylic acids is 3. The largest absolute Gasteiger partial charge is 0.469 e. The molecule has 4 unspecified atom stereocenters. The average Bonchev–Trinajstić information content (AvgIpc) is 2.90. The summed E-state index contributed by atoms with van der Waals surface area (Å²) in [5, 5.41) is 3.39. The van der Waals surface area contributed by atoms with Gasteiger partial charge in [0.15, 0.2) is 5.78 Å². The number of rotatable bonds is 4. The third-order valence-corrected chi connectivity index (χ3v) is 13.7. The lowest BCUT2D eigenvalue weighted by Gasteiger charge is -2.70. The lowest BCUT2D eigenvalue weighted by Crippen LogP contribution is -2.66. The van der Waals surface area contributed by atoms with Gasteiger partial charge in [-0.2, -0.15) is 0 Å². The number of ketones is 1. The molecule has 41 heavy (non-hydrogen) atoms. The van der Waals surface area contributed by atoms with Gasteiger partial charge in [-0.25, -0.2) is 0 Å². The summed E-state index contributed by atoms with van der Waals surface area (Å²) >= 11 is 0. The molecule has 5 aliphatic rings. The number of nitrogens with zero attached hydrogens (tertiary/aromatic N) is 3. The monoisotopic (exact) mass is 567 g/mol. The Kier molecular flexibility index (Phi) is 7.04. The van der Waals surface area contributed by atoms with Crippen molar-refractivity contribution >= 4 is 17.7 Å². The van der Waals surface area contributed by atoms with Crippen LogP contribution in [0.15, 0.2) is 16.8 Å². The van der Waals surface area contributed by atoms with E-state index in [1.165, 1.54) is 12.7 Å². The summed E-state index contributed by atoms with van der Waals surface area (Å²) in [7, 11) is 1.48. The third-order valence-electron chi connectivity index (χ3n) is 13.7. The van der Waals surface area contributed by atoms with E-state index in [2.05, 4.69) is 51.6 Å². The third kappa shape index (κ3) is 4.13. The molecule has 0 radical (unpaired) electrons. The zero-order chi connectivity index (χ0) is 30.2. The first-order chi connectivity index (χ1) is 19.0. The van der Waals surface area contributed by atoms with Crippen LogP contribution in [0.2, 0.25) is 0 Å². The van der Waals surface area contributed by atoms with Crippen molar-refractivity contribution in [3.05, 3.63) is 22.1 Å². The molecule has 0 saturated heterocycles. The van der Waals surface area contributed by atoms with Crippen LogP contribution in [0.3, 0.4) is 0 Å². The molecule has 0 aromatic carbocycles. The molecule has 0 N–H and O–H groups in total. The number of allylic oxidation sites excluding steroid dienone is 2. The molecule has 0 aliphatic heterocycles. The first-order valence-electron chi connectivity index (χ1n) is 15.6. The van der Waals surface area contributed by atoms with Gasteiger partial charge in [0.25, 0.3) is 0 Å².